The molecular formula is C26H22N4O4. The molecule has 2 amide bonds. The number of ether oxygens (including phenoxy) is 2. The van der Waals surface area contributed by atoms with Crippen LogP contribution in [0.15, 0.2) is 66.7 Å². The van der Waals surface area contributed by atoms with Crippen LogP contribution in [0.1, 0.15) is 6.42 Å². The third-order valence-electron chi connectivity index (χ3n) is 6.16. The summed E-state index contributed by atoms with van der Waals surface area (Å²) < 4.78 is 11.2. The molecule has 8 nitrogen and oxygen atoms in total. The molecule has 6 rings (SSSR count). The molecular weight excluding hydrogens is 432 g/mol. The number of imidazole rings is 1. The zero-order valence-electron chi connectivity index (χ0n) is 18.3. The van der Waals surface area contributed by atoms with Gasteiger partial charge in [-0.3, -0.25) is 9.59 Å². The molecule has 2 aliphatic heterocycles. The van der Waals surface area contributed by atoms with Gasteiger partial charge in [-0.05, 0) is 36.4 Å². The highest BCUT2D eigenvalue weighted by Gasteiger charge is 2.36. The molecule has 1 atom stereocenters. The number of fused-ring (bicyclic) bond motifs is 2. The fraction of sp³-hybridized carbons (Fsp3) is 0.192. The van der Waals surface area contributed by atoms with E-state index in [1.54, 1.807) is 17.0 Å². The number of carbonyl (C=O) groups excluding carboxylic acids is 2. The van der Waals surface area contributed by atoms with E-state index >= 15 is 0 Å². The first-order chi connectivity index (χ1) is 16.7. The number of aromatic nitrogens is 2. The number of benzene rings is 3. The predicted octanol–water partition coefficient (Wildman–Crippen LogP) is 3.99. The summed E-state index contributed by atoms with van der Waals surface area (Å²) in [5.41, 5.74) is 3.93. The van der Waals surface area contributed by atoms with Crippen molar-refractivity contribution in [1.82, 2.24) is 9.97 Å². The standard InChI is InChI=1S/C26H22N4O4/c31-24-13-16(15-30(24)17-9-10-22-23(14-17)34-12-11-33-22)26(32)29-19-6-2-1-5-18(19)25-27-20-7-3-4-8-21(20)28-25/h1-10,14,16H,11-13,15H2,(H,27,28)(H,29,32). The summed E-state index contributed by atoms with van der Waals surface area (Å²) in [6, 6.07) is 20.7. The second-order valence-electron chi connectivity index (χ2n) is 8.37. The summed E-state index contributed by atoms with van der Waals surface area (Å²) in [6.07, 6.45) is 0.146. The first-order valence-corrected chi connectivity index (χ1v) is 11.2. The van der Waals surface area contributed by atoms with Gasteiger partial charge < -0.3 is 24.7 Å². The van der Waals surface area contributed by atoms with Crippen LogP contribution in [-0.2, 0) is 9.59 Å². The molecule has 2 aliphatic rings. The fourth-order valence-corrected chi connectivity index (χ4v) is 4.45. The van der Waals surface area contributed by atoms with Gasteiger partial charge in [0.2, 0.25) is 11.8 Å². The van der Waals surface area contributed by atoms with Gasteiger partial charge in [0.25, 0.3) is 0 Å². The number of amides is 2. The molecule has 3 aromatic carbocycles. The minimum absolute atomic E-state index is 0.0950. The fourth-order valence-electron chi connectivity index (χ4n) is 4.45. The van der Waals surface area contributed by atoms with Crippen LogP contribution in [0.5, 0.6) is 11.5 Å². The van der Waals surface area contributed by atoms with Crippen molar-refractivity contribution in [3.63, 3.8) is 0 Å². The van der Waals surface area contributed by atoms with E-state index in [-0.39, 0.29) is 18.2 Å². The normalized spacial score (nSPS) is 17.2. The van der Waals surface area contributed by atoms with Gasteiger partial charge in [-0.2, -0.15) is 0 Å². The molecule has 1 fully saturated rings. The molecule has 8 heteroatoms. The smallest absolute Gasteiger partial charge is 0.229 e. The summed E-state index contributed by atoms with van der Waals surface area (Å²) in [5, 5.41) is 3.02. The molecule has 1 saturated heterocycles. The third kappa shape index (κ3) is 3.63. The van der Waals surface area contributed by atoms with E-state index in [1.807, 2.05) is 54.6 Å². The SMILES string of the molecule is O=C(Nc1ccccc1-c1nc2ccccc2[nH]1)C1CC(=O)N(c2ccc3c(c2)OCCO3)C1. The van der Waals surface area contributed by atoms with Gasteiger partial charge in [0.05, 0.1) is 22.6 Å². The number of hydrogen-bond donors (Lipinski definition) is 2. The highest BCUT2D eigenvalue weighted by molar-refractivity contribution is 6.04. The van der Waals surface area contributed by atoms with Gasteiger partial charge in [-0.1, -0.05) is 24.3 Å². The third-order valence-corrected chi connectivity index (χ3v) is 6.16. The summed E-state index contributed by atoms with van der Waals surface area (Å²) in [7, 11) is 0. The monoisotopic (exact) mass is 454 g/mol. The molecule has 0 saturated carbocycles. The van der Waals surface area contributed by atoms with Crippen molar-refractivity contribution >= 4 is 34.2 Å². The van der Waals surface area contributed by atoms with Gasteiger partial charge in [0.1, 0.15) is 19.0 Å². The van der Waals surface area contributed by atoms with E-state index in [9.17, 15) is 9.59 Å². The molecule has 0 spiro atoms. The lowest BCUT2D eigenvalue weighted by Crippen LogP contribution is -2.28. The molecule has 3 heterocycles. The van der Waals surface area contributed by atoms with Gasteiger partial charge >= 0.3 is 0 Å². The summed E-state index contributed by atoms with van der Waals surface area (Å²) >= 11 is 0. The maximum Gasteiger partial charge on any atom is 0.229 e. The Kier molecular flexibility index (Phi) is 4.91. The number of nitrogens with zero attached hydrogens (tertiary/aromatic N) is 2. The van der Waals surface area contributed by atoms with Crippen LogP contribution in [0.4, 0.5) is 11.4 Å². The number of para-hydroxylation sites is 3. The Morgan fingerprint density at radius 1 is 1.00 bits per heavy atom. The van der Waals surface area contributed by atoms with Crippen molar-refractivity contribution in [3.05, 3.63) is 66.7 Å². The largest absolute Gasteiger partial charge is 0.486 e. The molecule has 170 valence electrons. The lowest BCUT2D eigenvalue weighted by Gasteiger charge is -2.22. The van der Waals surface area contributed by atoms with Crippen LogP contribution in [0, 0.1) is 5.92 Å². The van der Waals surface area contributed by atoms with Crippen LogP contribution in [0.3, 0.4) is 0 Å². The highest BCUT2D eigenvalue weighted by atomic mass is 16.6. The van der Waals surface area contributed by atoms with Crippen LogP contribution in [0.25, 0.3) is 22.4 Å². The lowest BCUT2D eigenvalue weighted by atomic mass is 10.1. The van der Waals surface area contributed by atoms with E-state index in [1.165, 1.54) is 0 Å². The number of anilines is 2. The Morgan fingerprint density at radius 3 is 2.68 bits per heavy atom. The van der Waals surface area contributed by atoms with Crippen molar-refractivity contribution in [1.29, 1.82) is 0 Å². The van der Waals surface area contributed by atoms with Crippen molar-refractivity contribution in [2.24, 2.45) is 5.92 Å². The molecule has 0 radical (unpaired) electrons. The van der Waals surface area contributed by atoms with E-state index in [4.69, 9.17) is 9.47 Å². The first-order valence-electron chi connectivity index (χ1n) is 11.2. The molecule has 1 aromatic heterocycles. The van der Waals surface area contributed by atoms with Crippen molar-refractivity contribution in [3.8, 4) is 22.9 Å². The average molecular weight is 454 g/mol. The Hall–Kier alpha value is -4.33. The van der Waals surface area contributed by atoms with E-state index < -0.39 is 5.92 Å². The highest BCUT2D eigenvalue weighted by Crippen LogP contribution is 2.36. The number of rotatable bonds is 4. The number of H-pyrrole nitrogens is 1. The summed E-state index contributed by atoms with van der Waals surface area (Å²) in [6.45, 7) is 1.28. The molecule has 0 aliphatic carbocycles. The number of carbonyl (C=O) groups is 2. The van der Waals surface area contributed by atoms with E-state index in [2.05, 4.69) is 15.3 Å². The average Bonchev–Trinajstić information content (AvgIpc) is 3.48. The lowest BCUT2D eigenvalue weighted by molar-refractivity contribution is -0.122. The maximum atomic E-state index is 13.2. The van der Waals surface area contributed by atoms with Gasteiger partial charge in [0, 0.05) is 30.3 Å². The van der Waals surface area contributed by atoms with E-state index in [0.29, 0.717) is 48.5 Å². The number of hydrogen-bond acceptors (Lipinski definition) is 5. The molecule has 0 bridgehead atoms. The Labute approximate surface area is 195 Å². The van der Waals surface area contributed by atoms with Crippen molar-refractivity contribution in [2.45, 2.75) is 6.42 Å². The number of nitrogens with one attached hydrogen (secondary N) is 2. The first kappa shape index (κ1) is 20.3. The maximum absolute atomic E-state index is 13.2. The minimum atomic E-state index is -0.468. The van der Waals surface area contributed by atoms with E-state index in [0.717, 1.165) is 16.6 Å². The predicted molar refractivity (Wildman–Crippen MR) is 128 cm³/mol. The Balaban J connectivity index is 1.21. The zero-order chi connectivity index (χ0) is 23.1. The van der Waals surface area contributed by atoms with Crippen molar-refractivity contribution in [2.75, 3.05) is 30.0 Å². The van der Waals surface area contributed by atoms with Crippen LogP contribution in [0.2, 0.25) is 0 Å². The topological polar surface area (TPSA) is 96.5 Å². The zero-order valence-corrected chi connectivity index (χ0v) is 18.3. The molecule has 34 heavy (non-hydrogen) atoms. The van der Waals surface area contributed by atoms with Crippen LogP contribution >= 0.6 is 0 Å². The second-order valence-corrected chi connectivity index (χ2v) is 8.37. The Morgan fingerprint density at radius 2 is 1.79 bits per heavy atom. The minimum Gasteiger partial charge on any atom is -0.486 e. The molecule has 2 N–H and O–H groups in total. The second kappa shape index (κ2) is 8.22. The van der Waals surface area contributed by atoms with Crippen LogP contribution < -0.4 is 19.7 Å². The van der Waals surface area contributed by atoms with Crippen molar-refractivity contribution < 1.29 is 19.1 Å². The summed E-state index contributed by atoms with van der Waals surface area (Å²) in [5.74, 6) is 1.20. The summed E-state index contributed by atoms with van der Waals surface area (Å²) in [4.78, 5) is 35.5. The van der Waals surface area contributed by atoms with Gasteiger partial charge in [-0.25, -0.2) is 4.98 Å². The Bertz CT molecular complexity index is 1380. The van der Waals surface area contributed by atoms with Gasteiger partial charge in [-0.15, -0.1) is 0 Å². The van der Waals surface area contributed by atoms with Gasteiger partial charge in [0.15, 0.2) is 11.5 Å². The quantitative estimate of drug-likeness (QED) is 0.486. The molecule has 4 aromatic rings. The number of aromatic amines is 1. The van der Waals surface area contributed by atoms with Crippen LogP contribution in [-0.4, -0.2) is 41.5 Å². The molecule has 1 unspecified atom stereocenters.